The van der Waals surface area contributed by atoms with Gasteiger partial charge in [-0.1, -0.05) is 23.4 Å². The third kappa shape index (κ3) is 6.11. The third-order valence-electron chi connectivity index (χ3n) is 4.20. The molecule has 2 aromatic carbocycles. The van der Waals surface area contributed by atoms with Crippen molar-refractivity contribution in [2.45, 2.75) is 18.4 Å². The summed E-state index contributed by atoms with van der Waals surface area (Å²) >= 11 is 6.67. The number of carbonyl (C=O) groups is 3. The van der Waals surface area contributed by atoms with Crippen molar-refractivity contribution in [3.05, 3.63) is 58.1 Å². The van der Waals surface area contributed by atoms with Crippen LogP contribution in [0.5, 0.6) is 5.75 Å². The number of nitrogens with one attached hydrogen (secondary N) is 2. The molecule has 1 unspecified atom stereocenters. The van der Waals surface area contributed by atoms with Crippen LogP contribution in [0.2, 0.25) is 5.02 Å². The molecule has 0 radical (unpaired) electrons. The fourth-order valence-electron chi connectivity index (χ4n) is 2.69. The van der Waals surface area contributed by atoms with Crippen molar-refractivity contribution < 1.29 is 45.5 Å². The number of anilines is 1. The molecule has 33 heavy (non-hydrogen) atoms. The van der Waals surface area contributed by atoms with Gasteiger partial charge in [-0.25, -0.2) is 4.79 Å². The van der Waals surface area contributed by atoms with Gasteiger partial charge in [-0.3, -0.25) is 9.59 Å². The Kier molecular flexibility index (Phi) is 6.84. The standard InChI is InChI=1S/C19H11ClF6N2O4S/c20-10-1-2-14(32-16(30)13-7-33-17(31)28-13)12(6-10)15(29)27-11-4-8(18(21,22)23)3-9(5-11)19(24,25)26/h1-6,13H,7H2,(H,27,29)(H,28,31). The van der Waals surface area contributed by atoms with Crippen molar-refractivity contribution in [2.24, 2.45) is 0 Å². The van der Waals surface area contributed by atoms with E-state index >= 15 is 0 Å². The molecule has 14 heteroatoms. The Morgan fingerprint density at radius 1 is 1.03 bits per heavy atom. The Morgan fingerprint density at radius 3 is 2.15 bits per heavy atom. The number of hydrogen-bond acceptors (Lipinski definition) is 5. The van der Waals surface area contributed by atoms with Gasteiger partial charge < -0.3 is 15.4 Å². The molecule has 0 spiro atoms. The highest BCUT2D eigenvalue weighted by molar-refractivity contribution is 8.14. The second-order valence-corrected chi connectivity index (χ2v) is 8.03. The topological polar surface area (TPSA) is 84.5 Å². The molecule has 1 atom stereocenters. The lowest BCUT2D eigenvalue weighted by Crippen LogP contribution is -2.37. The van der Waals surface area contributed by atoms with Gasteiger partial charge in [0.2, 0.25) is 0 Å². The van der Waals surface area contributed by atoms with Gasteiger partial charge in [0, 0.05) is 16.5 Å². The Bertz CT molecular complexity index is 1090. The van der Waals surface area contributed by atoms with Crippen molar-refractivity contribution >= 4 is 46.2 Å². The van der Waals surface area contributed by atoms with Crippen molar-refractivity contribution in [1.29, 1.82) is 0 Å². The average Bonchev–Trinajstić information content (AvgIpc) is 3.14. The van der Waals surface area contributed by atoms with E-state index in [2.05, 4.69) is 5.32 Å². The molecule has 1 heterocycles. The molecular formula is C19H11ClF6N2O4S. The van der Waals surface area contributed by atoms with E-state index < -0.39 is 57.9 Å². The van der Waals surface area contributed by atoms with Crippen LogP contribution in [0.3, 0.4) is 0 Å². The van der Waals surface area contributed by atoms with Crippen LogP contribution in [0.15, 0.2) is 36.4 Å². The molecule has 1 aliphatic heterocycles. The number of ether oxygens (including phenoxy) is 1. The third-order valence-corrected chi connectivity index (χ3v) is 5.32. The van der Waals surface area contributed by atoms with Gasteiger partial charge in [0.05, 0.1) is 16.7 Å². The van der Waals surface area contributed by atoms with E-state index in [0.717, 1.165) is 23.9 Å². The summed E-state index contributed by atoms with van der Waals surface area (Å²) in [5, 5.41) is 3.78. The first-order chi connectivity index (χ1) is 15.2. The molecule has 1 aliphatic rings. The van der Waals surface area contributed by atoms with E-state index in [1.165, 1.54) is 6.07 Å². The first kappa shape index (κ1) is 24.7. The van der Waals surface area contributed by atoms with Crippen molar-refractivity contribution in [1.82, 2.24) is 5.32 Å². The fraction of sp³-hybridized carbons (Fsp3) is 0.211. The quantitative estimate of drug-likeness (QED) is 0.327. The first-order valence-corrected chi connectivity index (χ1v) is 10.2. The maximum absolute atomic E-state index is 13.0. The SMILES string of the molecule is O=C1NC(C(=O)Oc2ccc(Cl)cc2C(=O)Nc2cc(C(F)(F)F)cc(C(F)(F)F)c2)CS1. The lowest BCUT2D eigenvalue weighted by atomic mass is 10.1. The molecule has 0 aromatic heterocycles. The number of alkyl halides is 6. The fourth-order valence-corrected chi connectivity index (χ4v) is 3.62. The Morgan fingerprint density at radius 2 is 1.64 bits per heavy atom. The number of halogens is 7. The Hall–Kier alpha value is -2.93. The molecule has 0 aliphatic carbocycles. The molecule has 176 valence electrons. The summed E-state index contributed by atoms with van der Waals surface area (Å²) in [5.41, 5.74) is -4.47. The van der Waals surface area contributed by atoms with E-state index in [0.29, 0.717) is 12.1 Å². The molecule has 1 saturated heterocycles. The van der Waals surface area contributed by atoms with Gasteiger partial charge in [-0.15, -0.1) is 0 Å². The van der Waals surface area contributed by atoms with Gasteiger partial charge in [0.25, 0.3) is 11.1 Å². The smallest absolute Gasteiger partial charge is 0.416 e. The summed E-state index contributed by atoms with van der Waals surface area (Å²) in [6.45, 7) is 0. The van der Waals surface area contributed by atoms with E-state index in [9.17, 15) is 40.7 Å². The van der Waals surface area contributed by atoms with Gasteiger partial charge in [-0.05, 0) is 36.4 Å². The van der Waals surface area contributed by atoms with Crippen LogP contribution in [0, 0.1) is 0 Å². The molecule has 0 saturated carbocycles. The van der Waals surface area contributed by atoms with Crippen LogP contribution in [0.25, 0.3) is 0 Å². The average molecular weight is 513 g/mol. The second kappa shape index (κ2) is 9.14. The lowest BCUT2D eigenvalue weighted by molar-refractivity contribution is -0.143. The van der Waals surface area contributed by atoms with Crippen LogP contribution in [-0.4, -0.2) is 28.9 Å². The van der Waals surface area contributed by atoms with Gasteiger partial charge in [-0.2, -0.15) is 26.3 Å². The highest BCUT2D eigenvalue weighted by Crippen LogP contribution is 2.38. The molecule has 1 fully saturated rings. The minimum atomic E-state index is -5.11. The van der Waals surface area contributed by atoms with Crippen LogP contribution >= 0.6 is 23.4 Å². The summed E-state index contributed by atoms with van der Waals surface area (Å²) in [4.78, 5) is 36.1. The van der Waals surface area contributed by atoms with Gasteiger partial charge >= 0.3 is 18.3 Å². The number of benzene rings is 2. The molecule has 6 nitrogen and oxygen atoms in total. The largest absolute Gasteiger partial charge is 0.424 e. The zero-order valence-electron chi connectivity index (χ0n) is 15.9. The molecule has 0 bridgehead atoms. The summed E-state index contributed by atoms with van der Waals surface area (Å²) in [7, 11) is 0. The van der Waals surface area contributed by atoms with Crippen molar-refractivity contribution in [3.8, 4) is 5.75 Å². The summed E-state index contributed by atoms with van der Waals surface area (Å²) in [6, 6.07) is 2.94. The second-order valence-electron chi connectivity index (χ2n) is 6.61. The monoisotopic (exact) mass is 512 g/mol. The maximum Gasteiger partial charge on any atom is 0.416 e. The molecular weight excluding hydrogens is 502 g/mol. The lowest BCUT2D eigenvalue weighted by Gasteiger charge is -2.16. The number of esters is 1. The zero-order valence-corrected chi connectivity index (χ0v) is 17.5. The maximum atomic E-state index is 13.0. The van der Waals surface area contributed by atoms with Gasteiger partial charge in [0.15, 0.2) is 0 Å². The van der Waals surface area contributed by atoms with Crippen molar-refractivity contribution in [3.63, 3.8) is 0 Å². The minimum Gasteiger partial charge on any atom is -0.424 e. The zero-order chi connectivity index (χ0) is 24.6. The van der Waals surface area contributed by atoms with Gasteiger partial charge in [0.1, 0.15) is 11.8 Å². The first-order valence-electron chi connectivity index (χ1n) is 8.79. The predicted molar refractivity (Wildman–Crippen MR) is 106 cm³/mol. The molecule has 2 N–H and O–H groups in total. The van der Waals surface area contributed by atoms with Crippen LogP contribution in [0.4, 0.5) is 36.8 Å². The number of carbonyl (C=O) groups excluding carboxylic acids is 3. The molecule has 2 aromatic rings. The van der Waals surface area contributed by atoms with Crippen molar-refractivity contribution in [2.75, 3.05) is 11.1 Å². The Labute approximate surface area is 190 Å². The predicted octanol–water partition coefficient (Wildman–Crippen LogP) is 5.36. The Balaban J connectivity index is 1.91. The molecule has 2 amide bonds. The number of rotatable bonds is 4. The van der Waals surface area contributed by atoms with Crippen LogP contribution in [0.1, 0.15) is 21.5 Å². The number of amides is 2. The van der Waals surface area contributed by atoms with Crippen LogP contribution < -0.4 is 15.4 Å². The van der Waals surface area contributed by atoms with E-state index in [4.69, 9.17) is 16.3 Å². The number of hydrogen-bond donors (Lipinski definition) is 2. The molecule has 3 rings (SSSR count). The van der Waals surface area contributed by atoms with E-state index in [-0.39, 0.29) is 22.6 Å². The van der Waals surface area contributed by atoms with E-state index in [1.54, 1.807) is 0 Å². The highest BCUT2D eigenvalue weighted by Gasteiger charge is 2.37. The summed E-state index contributed by atoms with van der Waals surface area (Å²) in [6.07, 6.45) is -10.2. The van der Waals surface area contributed by atoms with E-state index in [1.807, 2.05) is 5.32 Å². The van der Waals surface area contributed by atoms with Crippen LogP contribution in [-0.2, 0) is 17.1 Å². The normalized spacial score (nSPS) is 16.3. The minimum absolute atomic E-state index is 0.0234. The summed E-state index contributed by atoms with van der Waals surface area (Å²) in [5.74, 6) is -2.41. The highest BCUT2D eigenvalue weighted by atomic mass is 35.5. The summed E-state index contributed by atoms with van der Waals surface area (Å²) < 4.78 is 83.4. The number of thioether (sulfide) groups is 1.